The molecule has 34 heavy (non-hydrogen) atoms. The van der Waals surface area contributed by atoms with Gasteiger partial charge < -0.3 is 5.32 Å². The van der Waals surface area contributed by atoms with Crippen molar-refractivity contribution in [3.63, 3.8) is 0 Å². The topological polar surface area (TPSA) is 101 Å². The molecule has 3 amide bonds. The van der Waals surface area contributed by atoms with Gasteiger partial charge in [-0.25, -0.2) is 4.68 Å². The smallest absolute Gasteiger partial charge is 0.293 e. The van der Waals surface area contributed by atoms with E-state index >= 15 is 0 Å². The van der Waals surface area contributed by atoms with Crippen molar-refractivity contribution < 1.29 is 14.4 Å². The summed E-state index contributed by atoms with van der Waals surface area (Å²) in [6, 6.07) is 14.5. The summed E-state index contributed by atoms with van der Waals surface area (Å²) in [5.74, 6) is -0.854. The van der Waals surface area contributed by atoms with Gasteiger partial charge in [0.25, 0.3) is 22.6 Å². The zero-order chi connectivity index (χ0) is 24.2. The second-order valence-corrected chi connectivity index (χ2v) is 8.92. The number of nitrogens with one attached hydrogen (secondary N) is 1. The molecule has 1 fully saturated rings. The summed E-state index contributed by atoms with van der Waals surface area (Å²) >= 11 is 0.882. The van der Waals surface area contributed by atoms with E-state index in [2.05, 4.69) is 10.4 Å². The van der Waals surface area contributed by atoms with Gasteiger partial charge in [-0.2, -0.15) is 5.10 Å². The molecule has 9 heteroatoms. The number of thioether (sulfide) groups is 1. The fourth-order valence-electron chi connectivity index (χ4n) is 3.64. The number of hydrogen-bond acceptors (Lipinski definition) is 6. The molecule has 0 radical (unpaired) electrons. The normalized spacial score (nSPS) is 14.9. The molecule has 0 aliphatic carbocycles. The average molecular weight is 477 g/mol. The number of hydrogen-bond donors (Lipinski definition) is 1. The molecule has 0 atom stereocenters. The second-order valence-electron chi connectivity index (χ2n) is 7.92. The number of fused-ring (bicyclic) bond motifs is 1. The van der Waals surface area contributed by atoms with Gasteiger partial charge in [-0.05, 0) is 42.8 Å². The Balaban J connectivity index is 1.46. The lowest BCUT2D eigenvalue weighted by atomic mass is 10.1. The molecule has 2 heterocycles. The molecule has 1 aliphatic rings. The van der Waals surface area contributed by atoms with Crippen molar-refractivity contribution >= 4 is 45.7 Å². The van der Waals surface area contributed by atoms with Crippen molar-refractivity contribution in [1.29, 1.82) is 0 Å². The minimum Gasteiger partial charge on any atom is -0.349 e. The molecule has 0 bridgehead atoms. The third-order valence-electron chi connectivity index (χ3n) is 5.39. The molecular weight excluding hydrogens is 452 g/mol. The molecule has 1 aliphatic heterocycles. The zero-order valence-electron chi connectivity index (χ0n) is 18.9. The molecule has 2 aromatic carbocycles. The molecule has 3 aromatic rings. The Kier molecular flexibility index (Phi) is 6.93. The summed E-state index contributed by atoms with van der Waals surface area (Å²) in [5.41, 5.74) is 1.84. The first-order chi connectivity index (χ1) is 16.4. The molecular formula is C25H24N4O4S. The number of nitrogens with zero attached hydrogens (tertiary/aromatic N) is 3. The van der Waals surface area contributed by atoms with Crippen LogP contribution in [0.2, 0.25) is 0 Å². The van der Waals surface area contributed by atoms with Gasteiger partial charge in [0, 0.05) is 25.0 Å². The number of aromatic nitrogens is 2. The van der Waals surface area contributed by atoms with E-state index in [1.165, 1.54) is 4.68 Å². The first-order valence-corrected chi connectivity index (χ1v) is 11.8. The van der Waals surface area contributed by atoms with E-state index < -0.39 is 5.91 Å². The number of rotatable bonds is 7. The first-order valence-electron chi connectivity index (χ1n) is 11.0. The third kappa shape index (κ3) is 4.79. The van der Waals surface area contributed by atoms with Crippen molar-refractivity contribution in [2.75, 3.05) is 13.1 Å². The van der Waals surface area contributed by atoms with E-state index in [1.54, 1.807) is 30.3 Å². The van der Waals surface area contributed by atoms with Gasteiger partial charge >= 0.3 is 0 Å². The van der Waals surface area contributed by atoms with Crippen LogP contribution in [0, 0.1) is 6.92 Å². The van der Waals surface area contributed by atoms with Gasteiger partial charge in [-0.3, -0.25) is 24.1 Å². The van der Waals surface area contributed by atoms with Gasteiger partial charge in [0.2, 0.25) is 0 Å². The Labute approximate surface area is 200 Å². The molecule has 1 saturated heterocycles. The summed E-state index contributed by atoms with van der Waals surface area (Å²) in [6.07, 6.45) is 2.39. The Bertz CT molecular complexity index is 1360. The van der Waals surface area contributed by atoms with Gasteiger partial charge in [-0.15, -0.1) is 0 Å². The summed E-state index contributed by atoms with van der Waals surface area (Å²) in [4.78, 5) is 52.1. The molecule has 1 aromatic heterocycles. The standard InChI is InChI=1S/C25H24N4O4S/c1-3-13-29-23(31)19-7-5-4-6-18(19)21(27-29)22(30)26-12-14-28-24(32)20(34-25(28)33)15-17-10-8-16(2)9-11-17/h4-11,15H,3,12-14H2,1-2H3,(H,26,30). The summed E-state index contributed by atoms with van der Waals surface area (Å²) in [6.45, 7) is 4.40. The second kappa shape index (κ2) is 10.0. The third-order valence-corrected chi connectivity index (χ3v) is 6.30. The van der Waals surface area contributed by atoms with E-state index in [4.69, 9.17) is 0 Å². The quantitative estimate of drug-likeness (QED) is 0.523. The van der Waals surface area contributed by atoms with E-state index in [9.17, 15) is 19.2 Å². The van der Waals surface area contributed by atoms with Crippen molar-refractivity contribution in [1.82, 2.24) is 20.0 Å². The van der Waals surface area contributed by atoms with E-state index in [0.29, 0.717) is 28.6 Å². The van der Waals surface area contributed by atoms with E-state index in [1.807, 2.05) is 38.1 Å². The highest BCUT2D eigenvalue weighted by Crippen LogP contribution is 2.31. The van der Waals surface area contributed by atoms with Crippen LogP contribution in [-0.2, 0) is 11.3 Å². The van der Waals surface area contributed by atoms with Crippen LogP contribution in [0.4, 0.5) is 4.79 Å². The molecule has 0 saturated carbocycles. The predicted molar refractivity (Wildman–Crippen MR) is 132 cm³/mol. The Morgan fingerprint density at radius 1 is 1.03 bits per heavy atom. The fourth-order valence-corrected chi connectivity index (χ4v) is 4.50. The van der Waals surface area contributed by atoms with Crippen LogP contribution < -0.4 is 10.9 Å². The minimum absolute atomic E-state index is 0.0359. The largest absolute Gasteiger partial charge is 0.349 e. The lowest BCUT2D eigenvalue weighted by molar-refractivity contribution is -0.122. The van der Waals surface area contributed by atoms with E-state index in [0.717, 1.165) is 27.8 Å². The highest BCUT2D eigenvalue weighted by molar-refractivity contribution is 8.18. The van der Waals surface area contributed by atoms with Crippen molar-refractivity contribution in [3.05, 3.63) is 80.6 Å². The first kappa shape index (κ1) is 23.4. The molecule has 8 nitrogen and oxygen atoms in total. The number of benzene rings is 2. The summed E-state index contributed by atoms with van der Waals surface area (Å²) in [5, 5.41) is 7.50. The van der Waals surface area contributed by atoms with Crippen LogP contribution in [0.5, 0.6) is 0 Å². The van der Waals surface area contributed by atoms with Crippen LogP contribution in [0.15, 0.2) is 58.2 Å². The zero-order valence-corrected chi connectivity index (χ0v) is 19.7. The Morgan fingerprint density at radius 2 is 1.74 bits per heavy atom. The Hall–Kier alpha value is -3.72. The fraction of sp³-hybridized carbons (Fsp3) is 0.240. The summed E-state index contributed by atoms with van der Waals surface area (Å²) < 4.78 is 1.30. The van der Waals surface area contributed by atoms with Crippen molar-refractivity contribution in [3.8, 4) is 0 Å². The van der Waals surface area contributed by atoms with Crippen molar-refractivity contribution in [2.24, 2.45) is 0 Å². The maximum absolute atomic E-state index is 12.9. The molecule has 174 valence electrons. The number of imide groups is 1. The molecule has 1 N–H and O–H groups in total. The SMILES string of the molecule is CCCn1nc(C(=O)NCCN2C(=O)SC(=Cc3ccc(C)cc3)C2=O)c2ccccc2c1=O. The number of carbonyl (C=O) groups excluding carboxylic acids is 3. The highest BCUT2D eigenvalue weighted by atomic mass is 32.2. The van der Waals surface area contributed by atoms with Gasteiger partial charge in [0.05, 0.1) is 10.3 Å². The van der Waals surface area contributed by atoms with Gasteiger partial charge in [0.15, 0.2) is 5.69 Å². The average Bonchev–Trinajstić information content (AvgIpc) is 3.09. The predicted octanol–water partition coefficient (Wildman–Crippen LogP) is 3.58. The molecule has 4 rings (SSSR count). The van der Waals surface area contributed by atoms with Gasteiger partial charge in [0.1, 0.15) is 0 Å². The summed E-state index contributed by atoms with van der Waals surface area (Å²) in [7, 11) is 0. The highest BCUT2D eigenvalue weighted by Gasteiger charge is 2.34. The maximum atomic E-state index is 12.9. The number of carbonyl (C=O) groups is 3. The number of aryl methyl sites for hydroxylation is 2. The van der Waals surface area contributed by atoms with Gasteiger partial charge in [-0.1, -0.05) is 55.0 Å². The van der Waals surface area contributed by atoms with E-state index in [-0.39, 0.29) is 35.5 Å². The van der Waals surface area contributed by atoms with Crippen LogP contribution >= 0.6 is 11.8 Å². The lowest BCUT2D eigenvalue weighted by Crippen LogP contribution is -2.38. The monoisotopic (exact) mass is 476 g/mol. The maximum Gasteiger partial charge on any atom is 0.293 e. The van der Waals surface area contributed by atoms with Crippen molar-refractivity contribution in [2.45, 2.75) is 26.8 Å². The lowest BCUT2D eigenvalue weighted by Gasteiger charge is -2.14. The molecule has 0 spiro atoms. The molecule has 0 unspecified atom stereocenters. The van der Waals surface area contributed by atoms with Crippen LogP contribution in [0.25, 0.3) is 16.8 Å². The van der Waals surface area contributed by atoms with Crippen LogP contribution in [0.1, 0.15) is 35.0 Å². The Morgan fingerprint density at radius 3 is 2.44 bits per heavy atom. The van der Waals surface area contributed by atoms with Crippen LogP contribution in [-0.4, -0.2) is 44.8 Å². The van der Waals surface area contributed by atoms with Crippen LogP contribution in [0.3, 0.4) is 0 Å². The number of amides is 3. The minimum atomic E-state index is -0.469.